The summed E-state index contributed by atoms with van der Waals surface area (Å²) < 4.78 is 0. The van der Waals surface area contributed by atoms with Gasteiger partial charge in [-0.05, 0) is 81.3 Å². The molecule has 0 aromatic heterocycles. The number of piperidine rings is 1. The molecule has 0 radical (unpaired) electrons. The fraction of sp³-hybridized carbons (Fsp3) is 0.600. The van der Waals surface area contributed by atoms with Crippen molar-refractivity contribution in [2.45, 2.75) is 56.7 Å². The Morgan fingerprint density at radius 1 is 1.34 bits per heavy atom. The van der Waals surface area contributed by atoms with Crippen molar-refractivity contribution in [3.8, 4) is 0 Å². The maximum Gasteiger partial charge on any atom is 0.257 e. The van der Waals surface area contributed by atoms with Gasteiger partial charge in [0.2, 0.25) is 5.91 Å². The van der Waals surface area contributed by atoms with E-state index in [1.54, 1.807) is 11.8 Å². The van der Waals surface area contributed by atoms with E-state index in [1.165, 1.54) is 25.9 Å². The number of carbonyl (C=O) groups excluding carboxylic acids is 2. The van der Waals surface area contributed by atoms with Gasteiger partial charge in [0.25, 0.3) is 5.91 Å². The zero-order valence-electron chi connectivity index (χ0n) is 18.8. The van der Waals surface area contributed by atoms with Crippen LogP contribution in [0.25, 0.3) is 6.08 Å². The number of likely N-dealkylation sites (tertiary alicyclic amines) is 1. The largest absolute Gasteiger partial charge is 0.356 e. The fourth-order valence-corrected chi connectivity index (χ4v) is 6.62. The van der Waals surface area contributed by atoms with E-state index in [9.17, 15) is 9.59 Å². The minimum absolute atomic E-state index is 0.00869. The molecule has 1 aliphatic carbocycles. The Hall–Kier alpha value is -1.50. The summed E-state index contributed by atoms with van der Waals surface area (Å²) in [7, 11) is 0. The van der Waals surface area contributed by atoms with Gasteiger partial charge in [-0.3, -0.25) is 9.59 Å². The van der Waals surface area contributed by atoms with Crippen LogP contribution in [-0.2, 0) is 9.59 Å². The number of rotatable bonds is 6. The number of thioether (sulfide) groups is 1. The van der Waals surface area contributed by atoms with E-state index in [0.717, 1.165) is 55.2 Å². The molecule has 2 amide bonds. The number of hydrogen-bond donors (Lipinski definition) is 2. The third-order valence-corrected chi connectivity index (χ3v) is 8.47. The van der Waals surface area contributed by atoms with Crippen molar-refractivity contribution >= 4 is 41.3 Å². The van der Waals surface area contributed by atoms with E-state index < -0.39 is 0 Å². The van der Waals surface area contributed by atoms with Crippen molar-refractivity contribution in [2.75, 3.05) is 26.2 Å². The molecule has 4 atom stereocenters. The summed E-state index contributed by atoms with van der Waals surface area (Å²) in [5, 5.41) is 7.29. The summed E-state index contributed by atoms with van der Waals surface area (Å²) in [5.41, 5.74) is 0.931. The first kappa shape index (κ1) is 23.7. The van der Waals surface area contributed by atoms with Gasteiger partial charge in [-0.2, -0.15) is 0 Å². The highest BCUT2D eigenvalue weighted by atomic mass is 35.5. The molecule has 3 aliphatic rings. The van der Waals surface area contributed by atoms with Crippen molar-refractivity contribution in [1.82, 2.24) is 15.5 Å². The second kappa shape index (κ2) is 11.1. The Morgan fingerprint density at radius 3 is 3.03 bits per heavy atom. The van der Waals surface area contributed by atoms with Crippen LogP contribution in [0.3, 0.4) is 0 Å². The number of nitrogens with zero attached hydrogens (tertiary/aromatic N) is 1. The van der Waals surface area contributed by atoms with Crippen LogP contribution in [0.5, 0.6) is 0 Å². The highest BCUT2D eigenvalue weighted by molar-refractivity contribution is 8.04. The molecule has 2 N–H and O–H groups in total. The summed E-state index contributed by atoms with van der Waals surface area (Å²) in [5.74, 6) is 0.881. The van der Waals surface area contributed by atoms with E-state index in [0.29, 0.717) is 10.3 Å². The lowest BCUT2D eigenvalue weighted by molar-refractivity contribution is -0.127. The van der Waals surface area contributed by atoms with Crippen molar-refractivity contribution in [2.24, 2.45) is 11.8 Å². The molecule has 1 saturated carbocycles. The van der Waals surface area contributed by atoms with Gasteiger partial charge in [0.15, 0.2) is 0 Å². The summed E-state index contributed by atoms with van der Waals surface area (Å²) in [6.07, 6.45) is 8.08. The molecule has 1 aromatic carbocycles. The first-order valence-corrected chi connectivity index (χ1v) is 13.2. The smallest absolute Gasteiger partial charge is 0.257 e. The lowest BCUT2D eigenvalue weighted by atomic mass is 9.84. The maximum atomic E-state index is 12.7. The average Bonchev–Trinajstić information content (AvgIpc) is 2.77. The van der Waals surface area contributed by atoms with Gasteiger partial charge in [-0.15, -0.1) is 11.8 Å². The lowest BCUT2D eigenvalue weighted by Crippen LogP contribution is -2.51. The molecule has 2 heterocycles. The zero-order valence-corrected chi connectivity index (χ0v) is 20.4. The molecule has 1 aromatic rings. The Kier molecular flexibility index (Phi) is 8.19. The van der Waals surface area contributed by atoms with Gasteiger partial charge in [0.05, 0.1) is 4.91 Å². The molecule has 0 spiro atoms. The Labute approximate surface area is 200 Å². The molecule has 4 unspecified atom stereocenters. The van der Waals surface area contributed by atoms with Crippen LogP contribution in [0.4, 0.5) is 0 Å². The molecule has 5 nitrogen and oxygen atoms in total. The second-order valence-electron chi connectivity index (χ2n) is 9.50. The van der Waals surface area contributed by atoms with E-state index >= 15 is 0 Å². The van der Waals surface area contributed by atoms with Crippen molar-refractivity contribution < 1.29 is 9.59 Å². The van der Waals surface area contributed by atoms with E-state index in [1.807, 2.05) is 30.3 Å². The first-order valence-electron chi connectivity index (χ1n) is 11.9. The minimum Gasteiger partial charge on any atom is -0.356 e. The Bertz CT molecular complexity index is 861. The molecule has 2 saturated heterocycles. The van der Waals surface area contributed by atoms with Crippen LogP contribution in [0, 0.1) is 11.8 Å². The monoisotopic (exact) mass is 475 g/mol. The number of fused-ring (bicyclic) bond motifs is 1. The standard InChI is InChI=1S/C25H34ClN3O2S/c1-17-5-3-11-29(16-17)12-4-10-27-24(30)19-8-9-22-21(15-19)28-25(31)23(32-22)14-18-6-2-7-20(26)13-18/h2,6-7,13-14,17,19,21-22H,3-5,8-12,15-16H2,1H3,(H,27,30)(H,28,31)/b23-14+. The predicted molar refractivity (Wildman–Crippen MR) is 133 cm³/mol. The van der Waals surface area contributed by atoms with E-state index in [4.69, 9.17) is 11.6 Å². The molecule has 7 heteroatoms. The van der Waals surface area contributed by atoms with Crippen LogP contribution < -0.4 is 10.6 Å². The fourth-order valence-electron chi connectivity index (χ4n) is 5.13. The molecule has 174 valence electrons. The normalized spacial score (nSPS) is 29.9. The van der Waals surface area contributed by atoms with Gasteiger partial charge >= 0.3 is 0 Å². The third-order valence-electron chi connectivity index (χ3n) is 6.81. The lowest BCUT2D eigenvalue weighted by Gasteiger charge is -2.39. The Balaban J connectivity index is 1.23. The SMILES string of the molecule is CC1CCCN(CCCNC(=O)C2CCC3S/C(=C/c4cccc(Cl)c4)C(=O)NC3C2)C1. The number of hydrogen-bond acceptors (Lipinski definition) is 4. The zero-order chi connectivity index (χ0) is 22.5. The molecule has 0 bridgehead atoms. The number of carbonyl (C=O) groups is 2. The molecule has 3 fully saturated rings. The van der Waals surface area contributed by atoms with Gasteiger partial charge in [0, 0.05) is 35.3 Å². The maximum absolute atomic E-state index is 12.7. The number of benzene rings is 1. The second-order valence-corrected chi connectivity index (χ2v) is 11.2. The number of nitrogens with one attached hydrogen (secondary N) is 2. The Morgan fingerprint density at radius 2 is 2.22 bits per heavy atom. The van der Waals surface area contributed by atoms with Crippen LogP contribution in [-0.4, -0.2) is 54.2 Å². The summed E-state index contributed by atoms with van der Waals surface area (Å²) >= 11 is 7.71. The first-order chi connectivity index (χ1) is 15.5. The minimum atomic E-state index is -0.0481. The van der Waals surface area contributed by atoms with Crippen LogP contribution >= 0.6 is 23.4 Å². The predicted octanol–water partition coefficient (Wildman–Crippen LogP) is 4.32. The van der Waals surface area contributed by atoms with Crippen LogP contribution in [0.2, 0.25) is 5.02 Å². The highest BCUT2D eigenvalue weighted by Gasteiger charge is 2.39. The molecule has 4 rings (SSSR count). The average molecular weight is 476 g/mol. The van der Waals surface area contributed by atoms with Crippen LogP contribution in [0.15, 0.2) is 29.2 Å². The number of amides is 2. The van der Waals surface area contributed by atoms with Crippen molar-refractivity contribution in [3.05, 3.63) is 39.8 Å². The van der Waals surface area contributed by atoms with Crippen LogP contribution in [0.1, 0.15) is 51.0 Å². The van der Waals surface area contributed by atoms with Gasteiger partial charge in [-0.1, -0.05) is 30.7 Å². The van der Waals surface area contributed by atoms with Crippen molar-refractivity contribution in [1.29, 1.82) is 0 Å². The quantitative estimate of drug-likeness (QED) is 0.475. The topological polar surface area (TPSA) is 61.4 Å². The van der Waals surface area contributed by atoms with Gasteiger partial charge in [-0.25, -0.2) is 0 Å². The highest BCUT2D eigenvalue weighted by Crippen LogP contribution is 2.40. The van der Waals surface area contributed by atoms with Gasteiger partial charge in [0.1, 0.15) is 0 Å². The third kappa shape index (κ3) is 6.30. The summed E-state index contributed by atoms with van der Waals surface area (Å²) in [6.45, 7) is 6.50. The summed E-state index contributed by atoms with van der Waals surface area (Å²) in [6, 6.07) is 7.59. The van der Waals surface area contributed by atoms with E-state index in [2.05, 4.69) is 22.5 Å². The number of halogens is 1. The molecule has 2 aliphatic heterocycles. The molecule has 32 heavy (non-hydrogen) atoms. The van der Waals surface area contributed by atoms with E-state index in [-0.39, 0.29) is 23.8 Å². The molecular weight excluding hydrogens is 442 g/mol. The van der Waals surface area contributed by atoms with Gasteiger partial charge < -0.3 is 15.5 Å². The van der Waals surface area contributed by atoms with Crippen molar-refractivity contribution in [3.63, 3.8) is 0 Å². The molecular formula is C25H34ClN3O2S. The summed E-state index contributed by atoms with van der Waals surface area (Å²) in [4.78, 5) is 28.6.